The lowest BCUT2D eigenvalue weighted by Crippen LogP contribution is -3.06. The lowest BCUT2D eigenvalue weighted by Gasteiger charge is -2.15. The third-order valence-electron chi connectivity index (χ3n) is 2.39. The Balaban J connectivity index is 2.91. The third kappa shape index (κ3) is 2.93. The van der Waals surface area contributed by atoms with Gasteiger partial charge in [0, 0.05) is 15.9 Å². The van der Waals surface area contributed by atoms with Crippen molar-refractivity contribution in [3.63, 3.8) is 0 Å². The summed E-state index contributed by atoms with van der Waals surface area (Å²) in [7, 11) is 4.35. The summed E-state index contributed by atoms with van der Waals surface area (Å²) in [5, 5.41) is 0. The van der Waals surface area contributed by atoms with Crippen LogP contribution >= 0.6 is 12.2 Å². The van der Waals surface area contributed by atoms with E-state index in [1.165, 1.54) is 16.3 Å². The molecule has 0 fully saturated rings. The van der Waals surface area contributed by atoms with E-state index in [4.69, 9.17) is 12.2 Å². The first kappa shape index (κ1) is 11.4. The summed E-state index contributed by atoms with van der Waals surface area (Å²) in [5.74, 6) is 0. The molecule has 1 aromatic rings. The molecule has 0 atom stereocenters. The Morgan fingerprint density at radius 3 is 2.14 bits per heavy atom. The first-order chi connectivity index (χ1) is 6.50. The van der Waals surface area contributed by atoms with Gasteiger partial charge in [-0.15, -0.1) is 0 Å². The molecule has 14 heavy (non-hydrogen) atoms. The van der Waals surface area contributed by atoms with Crippen LogP contribution in [0.4, 0.5) is 0 Å². The summed E-state index contributed by atoms with van der Waals surface area (Å²) in [6, 6.07) is 4.13. The number of hydrogen-bond acceptors (Lipinski definition) is 1. The second-order valence-electron chi connectivity index (χ2n) is 4.08. The van der Waals surface area contributed by atoms with Gasteiger partial charge in [0.15, 0.2) is 0 Å². The highest BCUT2D eigenvalue weighted by Crippen LogP contribution is 2.05. The summed E-state index contributed by atoms with van der Waals surface area (Å²) >= 11 is 5.16. The van der Waals surface area contributed by atoms with Gasteiger partial charge in [-0.1, -0.05) is 12.2 Å². The molecule has 0 radical (unpaired) electrons. The van der Waals surface area contributed by atoms with E-state index in [0.717, 1.165) is 17.6 Å². The lowest BCUT2D eigenvalue weighted by molar-refractivity contribution is -0.858. The van der Waals surface area contributed by atoms with Crippen LogP contribution in [0.15, 0.2) is 12.1 Å². The van der Waals surface area contributed by atoms with Crippen LogP contribution in [0.25, 0.3) is 0 Å². The highest BCUT2D eigenvalue weighted by atomic mass is 32.1. The molecular formula is C11H19N2S+. The Morgan fingerprint density at radius 2 is 1.71 bits per heavy atom. The smallest absolute Gasteiger partial charge is 0.0949 e. The molecule has 0 aliphatic carbocycles. The number of likely N-dealkylation sites (N-methyl/N-ethyl adjacent to an activating group) is 1. The standard InChI is InChI=1S/C11H18N2S/c1-9-7-11(14)8-10(2)13(9)6-5-12(3)4/h7-8H,5-6H2,1-4H3/p+1. The van der Waals surface area contributed by atoms with Crippen molar-refractivity contribution in [2.45, 2.75) is 20.4 Å². The zero-order valence-electron chi connectivity index (χ0n) is 9.42. The van der Waals surface area contributed by atoms with Gasteiger partial charge in [-0.05, 0) is 26.0 Å². The van der Waals surface area contributed by atoms with Crippen molar-refractivity contribution >= 4 is 12.2 Å². The molecule has 2 nitrogen and oxygen atoms in total. The molecule has 0 bridgehead atoms. The average molecular weight is 211 g/mol. The van der Waals surface area contributed by atoms with Crippen molar-refractivity contribution in [2.24, 2.45) is 0 Å². The van der Waals surface area contributed by atoms with Gasteiger partial charge in [-0.2, -0.15) is 0 Å². The first-order valence-corrected chi connectivity index (χ1v) is 5.38. The fourth-order valence-corrected chi connectivity index (χ4v) is 1.92. The minimum Gasteiger partial charge on any atom is -0.343 e. The van der Waals surface area contributed by atoms with Crippen molar-refractivity contribution < 1.29 is 4.90 Å². The van der Waals surface area contributed by atoms with Crippen LogP contribution in [0.1, 0.15) is 11.4 Å². The van der Waals surface area contributed by atoms with Crippen LogP contribution < -0.4 is 4.90 Å². The molecule has 3 heteroatoms. The fraction of sp³-hybridized carbons (Fsp3) is 0.545. The van der Waals surface area contributed by atoms with Gasteiger partial charge in [0.2, 0.25) is 0 Å². The van der Waals surface area contributed by atoms with Gasteiger partial charge in [0.05, 0.1) is 27.2 Å². The summed E-state index contributed by atoms with van der Waals surface area (Å²) in [6.07, 6.45) is 0. The molecule has 0 saturated carbocycles. The predicted octanol–water partition coefficient (Wildman–Crippen LogP) is 0.979. The lowest BCUT2D eigenvalue weighted by atomic mass is 10.3. The summed E-state index contributed by atoms with van der Waals surface area (Å²) in [5.41, 5.74) is 2.52. The van der Waals surface area contributed by atoms with E-state index in [1.807, 2.05) is 0 Å². The molecular weight excluding hydrogens is 192 g/mol. The second-order valence-corrected chi connectivity index (χ2v) is 4.55. The number of rotatable bonds is 3. The Hall–Kier alpha value is -0.670. The van der Waals surface area contributed by atoms with Gasteiger partial charge >= 0.3 is 0 Å². The maximum Gasteiger partial charge on any atom is 0.0949 e. The molecule has 0 saturated heterocycles. The Morgan fingerprint density at radius 1 is 1.21 bits per heavy atom. The van der Waals surface area contributed by atoms with Crippen LogP contribution in [0, 0.1) is 18.4 Å². The van der Waals surface area contributed by atoms with E-state index >= 15 is 0 Å². The molecule has 0 aliphatic rings. The van der Waals surface area contributed by atoms with Crippen molar-refractivity contribution in [3.8, 4) is 0 Å². The summed E-state index contributed by atoms with van der Waals surface area (Å²) in [6.45, 7) is 6.44. The van der Waals surface area contributed by atoms with Crippen molar-refractivity contribution in [2.75, 3.05) is 20.6 Å². The Bertz CT molecular complexity index is 340. The van der Waals surface area contributed by atoms with Crippen LogP contribution in [0.2, 0.25) is 0 Å². The third-order valence-corrected chi connectivity index (χ3v) is 2.62. The fourth-order valence-electron chi connectivity index (χ4n) is 1.58. The van der Waals surface area contributed by atoms with E-state index in [9.17, 15) is 0 Å². The molecule has 0 aliphatic heterocycles. The highest BCUT2D eigenvalue weighted by molar-refractivity contribution is 7.71. The largest absolute Gasteiger partial charge is 0.343 e. The normalized spacial score (nSPS) is 10.9. The monoisotopic (exact) mass is 211 g/mol. The number of aryl methyl sites for hydroxylation is 2. The number of nitrogens with zero attached hydrogens (tertiary/aromatic N) is 1. The maximum absolute atomic E-state index is 5.16. The predicted molar refractivity (Wildman–Crippen MR) is 62.4 cm³/mol. The van der Waals surface area contributed by atoms with Gasteiger partial charge in [-0.3, -0.25) is 0 Å². The van der Waals surface area contributed by atoms with Crippen molar-refractivity contribution in [1.29, 1.82) is 0 Å². The minimum atomic E-state index is 0.938. The number of aromatic nitrogens is 1. The van der Waals surface area contributed by atoms with Crippen LogP contribution in [0.3, 0.4) is 0 Å². The highest BCUT2D eigenvalue weighted by Gasteiger charge is 2.01. The molecule has 0 amide bonds. The van der Waals surface area contributed by atoms with Crippen molar-refractivity contribution in [1.82, 2.24) is 4.57 Å². The first-order valence-electron chi connectivity index (χ1n) is 4.98. The van der Waals surface area contributed by atoms with E-state index in [2.05, 4.69) is 44.6 Å². The molecule has 1 N–H and O–H groups in total. The van der Waals surface area contributed by atoms with Gasteiger partial charge in [-0.25, -0.2) is 0 Å². The molecule has 0 aromatic carbocycles. The second kappa shape index (κ2) is 4.71. The summed E-state index contributed by atoms with van der Waals surface area (Å²) in [4.78, 5) is 1.47. The van der Waals surface area contributed by atoms with Crippen molar-refractivity contribution in [3.05, 3.63) is 28.0 Å². The number of quaternary nitrogens is 1. The maximum atomic E-state index is 5.16. The quantitative estimate of drug-likeness (QED) is 0.733. The zero-order valence-corrected chi connectivity index (χ0v) is 10.2. The van der Waals surface area contributed by atoms with Crippen LogP contribution in [-0.2, 0) is 6.54 Å². The molecule has 0 unspecified atom stereocenters. The van der Waals surface area contributed by atoms with Gasteiger partial charge < -0.3 is 9.47 Å². The minimum absolute atomic E-state index is 0.938. The van der Waals surface area contributed by atoms with E-state index < -0.39 is 0 Å². The van der Waals surface area contributed by atoms with E-state index in [0.29, 0.717) is 0 Å². The SMILES string of the molecule is Cc1cc(=S)cc(C)n1CC[NH+](C)C. The molecule has 78 valence electrons. The van der Waals surface area contributed by atoms with Gasteiger partial charge in [0.25, 0.3) is 0 Å². The number of pyridine rings is 1. The zero-order chi connectivity index (χ0) is 10.7. The molecule has 0 spiro atoms. The Labute approximate surface area is 91.2 Å². The van der Waals surface area contributed by atoms with E-state index in [-0.39, 0.29) is 0 Å². The number of nitrogens with one attached hydrogen (secondary N) is 1. The molecule has 1 aromatic heterocycles. The molecule has 1 heterocycles. The van der Waals surface area contributed by atoms with E-state index in [1.54, 1.807) is 0 Å². The number of hydrogen-bond donors (Lipinski definition) is 1. The topological polar surface area (TPSA) is 9.37 Å². The average Bonchev–Trinajstić information content (AvgIpc) is 2.01. The van der Waals surface area contributed by atoms with Gasteiger partial charge in [0.1, 0.15) is 0 Å². The summed E-state index contributed by atoms with van der Waals surface area (Å²) < 4.78 is 3.26. The van der Waals surface area contributed by atoms with Crippen LogP contribution in [0.5, 0.6) is 0 Å². The van der Waals surface area contributed by atoms with Crippen LogP contribution in [-0.4, -0.2) is 25.2 Å². The molecule has 1 rings (SSSR count). The Kier molecular flexibility index (Phi) is 3.84.